The maximum atomic E-state index is 12.6. The summed E-state index contributed by atoms with van der Waals surface area (Å²) in [6.07, 6.45) is 6.89. The number of nitrogens with one attached hydrogen (secondary N) is 1. The molecule has 31 heavy (non-hydrogen) atoms. The zero-order valence-corrected chi connectivity index (χ0v) is 16.7. The fraction of sp³-hybridized carbons (Fsp3) is 0.120. The smallest absolute Gasteiger partial charge is 0.255 e. The molecule has 0 bridgehead atoms. The zero-order chi connectivity index (χ0) is 21.2. The molecule has 1 amide bonds. The van der Waals surface area contributed by atoms with E-state index in [4.69, 9.17) is 0 Å². The summed E-state index contributed by atoms with van der Waals surface area (Å²) in [7, 11) is 0. The van der Waals surface area contributed by atoms with Crippen molar-refractivity contribution in [2.45, 2.75) is 6.04 Å². The molecule has 1 fully saturated rings. The molecule has 150 valence electrons. The summed E-state index contributed by atoms with van der Waals surface area (Å²) in [4.78, 5) is 22.7. The van der Waals surface area contributed by atoms with Crippen molar-refractivity contribution in [2.24, 2.45) is 0 Å². The van der Waals surface area contributed by atoms with Gasteiger partial charge in [-0.1, -0.05) is 12.1 Å². The standard InChI is InChI=1S/C25H19N5O/c26-12-17-3-1-4-18(9-17)21-10-19-6-8-28-14-23(19)24(11-21)29-22-15-30(16-22)25(31)20-5-2-7-27-13-20/h1-11,13-14,22,29H,15-16H2. The van der Waals surface area contributed by atoms with Crippen LogP contribution in [0.1, 0.15) is 15.9 Å². The average molecular weight is 405 g/mol. The Balaban J connectivity index is 1.40. The van der Waals surface area contributed by atoms with Crippen LogP contribution in [0.25, 0.3) is 21.9 Å². The summed E-state index contributed by atoms with van der Waals surface area (Å²) < 4.78 is 0. The van der Waals surface area contributed by atoms with Crippen molar-refractivity contribution < 1.29 is 4.79 Å². The molecule has 0 radical (unpaired) electrons. The van der Waals surface area contributed by atoms with E-state index in [1.54, 1.807) is 36.8 Å². The van der Waals surface area contributed by atoms with Gasteiger partial charge >= 0.3 is 0 Å². The van der Waals surface area contributed by atoms with E-state index >= 15 is 0 Å². The molecule has 6 nitrogen and oxygen atoms in total. The van der Waals surface area contributed by atoms with E-state index < -0.39 is 0 Å². The van der Waals surface area contributed by atoms with Crippen molar-refractivity contribution in [3.05, 3.63) is 90.5 Å². The molecule has 2 aromatic heterocycles. The van der Waals surface area contributed by atoms with Crippen LogP contribution in [0.2, 0.25) is 0 Å². The van der Waals surface area contributed by atoms with Crippen molar-refractivity contribution in [3.63, 3.8) is 0 Å². The van der Waals surface area contributed by atoms with Crippen molar-refractivity contribution in [3.8, 4) is 17.2 Å². The van der Waals surface area contributed by atoms with E-state index in [0.29, 0.717) is 24.2 Å². The van der Waals surface area contributed by atoms with Crippen LogP contribution in [-0.2, 0) is 0 Å². The topological polar surface area (TPSA) is 81.9 Å². The summed E-state index contributed by atoms with van der Waals surface area (Å²) in [5.74, 6) is -0.000237. The SMILES string of the molecule is N#Cc1cccc(-c2cc(NC3CN(C(=O)c4cccnc4)C3)c3cnccc3c2)c1. The third kappa shape index (κ3) is 3.69. The monoisotopic (exact) mass is 405 g/mol. The van der Waals surface area contributed by atoms with Gasteiger partial charge in [-0.25, -0.2) is 0 Å². The number of nitrogens with zero attached hydrogens (tertiary/aromatic N) is 4. The summed E-state index contributed by atoms with van der Waals surface area (Å²) in [6, 6.07) is 19.7. The predicted molar refractivity (Wildman–Crippen MR) is 119 cm³/mol. The minimum atomic E-state index is -0.000237. The number of rotatable bonds is 4. The first-order chi connectivity index (χ1) is 15.2. The van der Waals surface area contributed by atoms with Crippen LogP contribution in [0.4, 0.5) is 5.69 Å². The summed E-state index contributed by atoms with van der Waals surface area (Å²) >= 11 is 0. The quantitative estimate of drug-likeness (QED) is 0.553. The van der Waals surface area contributed by atoms with Gasteiger partial charge in [0.1, 0.15) is 0 Å². The lowest BCUT2D eigenvalue weighted by molar-refractivity contribution is 0.0625. The third-order valence-electron chi connectivity index (χ3n) is 5.52. The van der Waals surface area contributed by atoms with Crippen LogP contribution in [0.5, 0.6) is 0 Å². The minimum Gasteiger partial charge on any atom is -0.378 e. The molecule has 2 aromatic carbocycles. The Labute approximate surface area is 179 Å². The second-order valence-corrected chi connectivity index (χ2v) is 7.61. The number of fused-ring (bicyclic) bond motifs is 1. The Morgan fingerprint density at radius 2 is 1.87 bits per heavy atom. The summed E-state index contributed by atoms with van der Waals surface area (Å²) in [5.41, 5.74) is 4.23. The van der Waals surface area contributed by atoms with Gasteiger partial charge in [-0.05, 0) is 59.0 Å². The molecular weight excluding hydrogens is 386 g/mol. The first-order valence-electron chi connectivity index (χ1n) is 10.1. The molecule has 1 saturated heterocycles. The van der Waals surface area contributed by atoms with Gasteiger partial charge in [0, 0.05) is 49.0 Å². The highest BCUT2D eigenvalue weighted by Gasteiger charge is 2.31. The van der Waals surface area contributed by atoms with Gasteiger partial charge in [0.2, 0.25) is 0 Å². The zero-order valence-electron chi connectivity index (χ0n) is 16.7. The van der Waals surface area contributed by atoms with E-state index in [2.05, 4.69) is 33.5 Å². The second-order valence-electron chi connectivity index (χ2n) is 7.61. The molecule has 4 aromatic rings. The highest BCUT2D eigenvalue weighted by Crippen LogP contribution is 2.32. The molecule has 0 unspecified atom stereocenters. The third-order valence-corrected chi connectivity index (χ3v) is 5.52. The van der Waals surface area contributed by atoms with Crippen LogP contribution in [0.3, 0.4) is 0 Å². The predicted octanol–water partition coefficient (Wildman–Crippen LogP) is 4.10. The molecule has 0 atom stereocenters. The number of pyridine rings is 2. The molecule has 1 aliphatic rings. The molecule has 3 heterocycles. The average Bonchev–Trinajstić information content (AvgIpc) is 2.81. The van der Waals surface area contributed by atoms with Crippen molar-refractivity contribution in [1.29, 1.82) is 5.26 Å². The Hall–Kier alpha value is -4.24. The number of amides is 1. The Morgan fingerprint density at radius 1 is 1.00 bits per heavy atom. The van der Waals surface area contributed by atoms with Crippen LogP contribution in [0, 0.1) is 11.3 Å². The van der Waals surface area contributed by atoms with E-state index in [9.17, 15) is 10.1 Å². The van der Waals surface area contributed by atoms with Crippen LogP contribution < -0.4 is 5.32 Å². The molecule has 0 spiro atoms. The largest absolute Gasteiger partial charge is 0.378 e. The van der Waals surface area contributed by atoms with Gasteiger partial charge in [0.25, 0.3) is 5.91 Å². The highest BCUT2D eigenvalue weighted by atomic mass is 16.2. The molecule has 0 aliphatic carbocycles. The van der Waals surface area contributed by atoms with E-state index in [1.807, 2.05) is 35.4 Å². The molecule has 1 aliphatic heterocycles. The summed E-state index contributed by atoms with van der Waals surface area (Å²) in [6.45, 7) is 1.26. The van der Waals surface area contributed by atoms with Gasteiger partial charge in [-0.2, -0.15) is 5.26 Å². The Morgan fingerprint density at radius 3 is 2.68 bits per heavy atom. The lowest BCUT2D eigenvalue weighted by Crippen LogP contribution is -2.57. The van der Waals surface area contributed by atoms with Crippen molar-refractivity contribution >= 4 is 22.4 Å². The first-order valence-corrected chi connectivity index (χ1v) is 10.1. The van der Waals surface area contributed by atoms with Crippen molar-refractivity contribution in [2.75, 3.05) is 18.4 Å². The lowest BCUT2D eigenvalue weighted by atomic mass is 9.98. The van der Waals surface area contributed by atoms with E-state index in [0.717, 1.165) is 27.6 Å². The van der Waals surface area contributed by atoms with Gasteiger partial charge < -0.3 is 10.2 Å². The van der Waals surface area contributed by atoms with Crippen LogP contribution >= 0.6 is 0 Å². The van der Waals surface area contributed by atoms with E-state index in [1.165, 1.54) is 0 Å². The Kier molecular flexibility index (Phi) is 4.77. The number of nitriles is 1. The maximum Gasteiger partial charge on any atom is 0.255 e. The second kappa shape index (κ2) is 7.88. The number of carbonyl (C=O) groups excluding carboxylic acids is 1. The Bertz CT molecular complexity index is 1310. The molecular formula is C25H19N5O. The number of aromatic nitrogens is 2. The number of hydrogen-bond acceptors (Lipinski definition) is 5. The van der Waals surface area contributed by atoms with Gasteiger partial charge in [-0.3, -0.25) is 14.8 Å². The van der Waals surface area contributed by atoms with Gasteiger partial charge in [-0.15, -0.1) is 0 Å². The fourth-order valence-electron chi connectivity index (χ4n) is 3.88. The normalized spacial score (nSPS) is 13.5. The number of hydrogen-bond donors (Lipinski definition) is 1. The van der Waals surface area contributed by atoms with Crippen molar-refractivity contribution in [1.82, 2.24) is 14.9 Å². The highest BCUT2D eigenvalue weighted by molar-refractivity contribution is 5.98. The van der Waals surface area contributed by atoms with Gasteiger partial charge in [0.15, 0.2) is 0 Å². The molecule has 5 rings (SSSR count). The number of likely N-dealkylation sites (tertiary alicyclic amines) is 1. The summed E-state index contributed by atoms with van der Waals surface area (Å²) in [5, 5.41) is 14.9. The molecule has 0 saturated carbocycles. The molecule has 1 N–H and O–H groups in total. The first kappa shape index (κ1) is 18.8. The maximum absolute atomic E-state index is 12.6. The number of benzene rings is 2. The van der Waals surface area contributed by atoms with Crippen LogP contribution in [0.15, 0.2) is 79.4 Å². The number of carbonyl (C=O) groups is 1. The molecule has 6 heteroatoms. The van der Waals surface area contributed by atoms with E-state index in [-0.39, 0.29) is 11.9 Å². The fourth-order valence-corrected chi connectivity index (χ4v) is 3.88. The minimum absolute atomic E-state index is 0.000237. The lowest BCUT2D eigenvalue weighted by Gasteiger charge is -2.40. The van der Waals surface area contributed by atoms with Crippen LogP contribution in [-0.4, -0.2) is 39.9 Å². The van der Waals surface area contributed by atoms with Gasteiger partial charge in [0.05, 0.1) is 23.2 Å². The number of anilines is 1.